The second-order valence-corrected chi connectivity index (χ2v) is 10.2. The Hall–Kier alpha value is -2.61. The summed E-state index contributed by atoms with van der Waals surface area (Å²) in [4.78, 5) is 24.5. The molecule has 0 saturated heterocycles. The zero-order valence-electron chi connectivity index (χ0n) is 20.2. The number of amides is 1. The van der Waals surface area contributed by atoms with E-state index in [0.29, 0.717) is 46.0 Å². The Bertz CT molecular complexity index is 1200. The van der Waals surface area contributed by atoms with E-state index in [1.165, 1.54) is 0 Å². The maximum Gasteiger partial charge on any atom is 0.255 e. The van der Waals surface area contributed by atoms with Gasteiger partial charge in [-0.15, -0.1) is 0 Å². The van der Waals surface area contributed by atoms with Crippen LogP contribution in [0.5, 0.6) is 5.75 Å². The van der Waals surface area contributed by atoms with Crippen LogP contribution in [0.25, 0.3) is 22.3 Å². The first kappa shape index (κ1) is 25.5. The van der Waals surface area contributed by atoms with Crippen molar-refractivity contribution in [2.75, 3.05) is 32.5 Å². The molecule has 9 heteroatoms. The highest BCUT2D eigenvalue weighted by molar-refractivity contribution is 6.37. The van der Waals surface area contributed by atoms with Crippen LogP contribution >= 0.6 is 23.2 Å². The standard InChI is InChI=1S/C26H31Cl2N5O2/c1-4-29-26(35)18-13-30-22-10-9-21(16-11-19(27)25(34)20(28)12-16)32-24(22)23(18)31-17-7-5-15(6-8-17)14-33(2)3/h9-13,15,17,34H,4-8,14H2,1-3H3,(H,29,35)(H,30,31). The zero-order valence-corrected chi connectivity index (χ0v) is 21.7. The molecule has 0 bridgehead atoms. The van der Waals surface area contributed by atoms with Gasteiger partial charge < -0.3 is 20.6 Å². The molecule has 3 N–H and O–H groups in total. The number of nitrogens with one attached hydrogen (secondary N) is 2. The molecule has 0 aliphatic heterocycles. The molecule has 1 aliphatic carbocycles. The Balaban J connectivity index is 1.73. The maximum atomic E-state index is 12.9. The Morgan fingerprint density at radius 3 is 2.46 bits per heavy atom. The van der Waals surface area contributed by atoms with Crippen molar-refractivity contribution in [3.05, 3.63) is 46.1 Å². The maximum absolute atomic E-state index is 12.9. The van der Waals surface area contributed by atoms with Gasteiger partial charge in [-0.05, 0) is 76.9 Å². The lowest BCUT2D eigenvalue weighted by Gasteiger charge is -2.31. The molecule has 1 aromatic carbocycles. The van der Waals surface area contributed by atoms with E-state index in [1.54, 1.807) is 18.3 Å². The van der Waals surface area contributed by atoms with Crippen LogP contribution in [-0.4, -0.2) is 59.1 Å². The van der Waals surface area contributed by atoms with E-state index in [4.69, 9.17) is 28.2 Å². The van der Waals surface area contributed by atoms with Crippen LogP contribution in [0.15, 0.2) is 30.5 Å². The van der Waals surface area contributed by atoms with Crippen molar-refractivity contribution >= 4 is 45.8 Å². The number of aromatic hydroxyl groups is 1. The van der Waals surface area contributed by atoms with Crippen molar-refractivity contribution in [3.63, 3.8) is 0 Å². The summed E-state index contributed by atoms with van der Waals surface area (Å²) in [6.07, 6.45) is 5.94. The Labute approximate surface area is 215 Å². The molecule has 2 heterocycles. The molecule has 35 heavy (non-hydrogen) atoms. The number of hydrogen-bond acceptors (Lipinski definition) is 6. The molecule has 3 aromatic rings. The van der Waals surface area contributed by atoms with Gasteiger partial charge in [0.25, 0.3) is 5.91 Å². The number of aromatic nitrogens is 2. The number of halogens is 2. The number of fused-ring (bicyclic) bond motifs is 1. The third kappa shape index (κ3) is 5.80. The van der Waals surface area contributed by atoms with Gasteiger partial charge in [0.1, 0.15) is 5.52 Å². The topological polar surface area (TPSA) is 90.4 Å². The minimum Gasteiger partial charge on any atom is -0.505 e. The number of pyridine rings is 2. The molecular weight excluding hydrogens is 485 g/mol. The van der Waals surface area contributed by atoms with Crippen molar-refractivity contribution in [3.8, 4) is 17.0 Å². The SMILES string of the molecule is CCNC(=O)c1cnc2ccc(-c3cc(Cl)c(O)c(Cl)c3)nc2c1NC1CCC(CN(C)C)CC1. The number of hydrogen-bond donors (Lipinski definition) is 3. The highest BCUT2D eigenvalue weighted by Gasteiger charge is 2.25. The average Bonchev–Trinajstić information content (AvgIpc) is 2.83. The highest BCUT2D eigenvalue weighted by Crippen LogP contribution is 2.37. The Morgan fingerprint density at radius 2 is 1.83 bits per heavy atom. The Kier molecular flexibility index (Phi) is 7.99. The van der Waals surface area contributed by atoms with Gasteiger partial charge in [0, 0.05) is 30.9 Å². The van der Waals surface area contributed by atoms with Crippen molar-refractivity contribution < 1.29 is 9.90 Å². The smallest absolute Gasteiger partial charge is 0.255 e. The normalized spacial score (nSPS) is 18.1. The quantitative estimate of drug-likeness (QED) is 0.379. The average molecular weight is 516 g/mol. The monoisotopic (exact) mass is 515 g/mol. The van der Waals surface area contributed by atoms with E-state index in [1.807, 2.05) is 19.1 Å². The molecule has 0 unspecified atom stereocenters. The van der Waals surface area contributed by atoms with Crippen LogP contribution in [0.1, 0.15) is 43.0 Å². The van der Waals surface area contributed by atoms with Gasteiger partial charge in [0.15, 0.2) is 5.75 Å². The minimum atomic E-state index is -0.186. The highest BCUT2D eigenvalue weighted by atomic mass is 35.5. The lowest BCUT2D eigenvalue weighted by molar-refractivity contribution is 0.0956. The van der Waals surface area contributed by atoms with Gasteiger partial charge in [-0.2, -0.15) is 0 Å². The molecule has 0 radical (unpaired) electrons. The molecule has 1 fully saturated rings. The second kappa shape index (κ2) is 11.0. The lowest BCUT2D eigenvalue weighted by atomic mass is 9.85. The fourth-order valence-electron chi connectivity index (χ4n) is 4.72. The number of anilines is 1. The van der Waals surface area contributed by atoms with Crippen molar-refractivity contribution in [1.29, 1.82) is 0 Å². The minimum absolute atomic E-state index is 0.149. The van der Waals surface area contributed by atoms with Crippen molar-refractivity contribution in [2.24, 2.45) is 5.92 Å². The van der Waals surface area contributed by atoms with Gasteiger partial charge in [0.2, 0.25) is 0 Å². The predicted molar refractivity (Wildman–Crippen MR) is 143 cm³/mol. The van der Waals surface area contributed by atoms with Crippen molar-refractivity contribution in [2.45, 2.75) is 38.6 Å². The summed E-state index contributed by atoms with van der Waals surface area (Å²) in [5.41, 5.74) is 3.74. The van der Waals surface area contributed by atoms with E-state index in [0.717, 1.165) is 32.2 Å². The number of nitrogens with zero attached hydrogens (tertiary/aromatic N) is 3. The summed E-state index contributed by atoms with van der Waals surface area (Å²) in [6.45, 7) is 3.50. The number of carbonyl (C=O) groups is 1. The number of phenolic OH excluding ortho intramolecular Hbond substituents is 1. The van der Waals surface area contributed by atoms with Crippen LogP contribution in [0.3, 0.4) is 0 Å². The first-order valence-electron chi connectivity index (χ1n) is 11.9. The third-order valence-electron chi connectivity index (χ3n) is 6.43. The number of carbonyl (C=O) groups excluding carboxylic acids is 1. The number of rotatable bonds is 7. The molecule has 1 amide bonds. The molecular formula is C26H31Cl2N5O2. The van der Waals surface area contributed by atoms with E-state index in [9.17, 15) is 9.90 Å². The van der Waals surface area contributed by atoms with Crippen LogP contribution in [0.2, 0.25) is 10.0 Å². The van der Waals surface area contributed by atoms with Crippen LogP contribution in [0.4, 0.5) is 5.69 Å². The second-order valence-electron chi connectivity index (χ2n) is 9.38. The summed E-state index contributed by atoms with van der Waals surface area (Å²) in [6, 6.07) is 7.19. The number of phenols is 1. The molecule has 4 rings (SSSR count). The molecule has 1 saturated carbocycles. The van der Waals surface area contributed by atoms with E-state index < -0.39 is 0 Å². The summed E-state index contributed by atoms with van der Waals surface area (Å²) >= 11 is 12.3. The first-order valence-corrected chi connectivity index (χ1v) is 12.7. The van der Waals surface area contributed by atoms with Crippen LogP contribution < -0.4 is 10.6 Å². The Morgan fingerprint density at radius 1 is 1.14 bits per heavy atom. The van der Waals surface area contributed by atoms with Gasteiger partial charge in [-0.1, -0.05) is 23.2 Å². The van der Waals surface area contributed by atoms with E-state index in [2.05, 4.69) is 34.6 Å². The largest absolute Gasteiger partial charge is 0.505 e. The molecule has 0 spiro atoms. The zero-order chi connectivity index (χ0) is 25.1. The van der Waals surface area contributed by atoms with Gasteiger partial charge in [-0.25, -0.2) is 4.98 Å². The molecule has 1 aliphatic rings. The van der Waals surface area contributed by atoms with Crippen molar-refractivity contribution in [1.82, 2.24) is 20.2 Å². The third-order valence-corrected chi connectivity index (χ3v) is 7.00. The molecule has 186 valence electrons. The predicted octanol–water partition coefficient (Wildman–Crippen LogP) is 5.59. The van der Waals surface area contributed by atoms with E-state index in [-0.39, 0.29) is 27.7 Å². The molecule has 7 nitrogen and oxygen atoms in total. The van der Waals surface area contributed by atoms with Gasteiger partial charge >= 0.3 is 0 Å². The fourth-order valence-corrected chi connectivity index (χ4v) is 5.21. The summed E-state index contributed by atoms with van der Waals surface area (Å²) in [5, 5.41) is 16.8. The van der Waals surface area contributed by atoms with E-state index >= 15 is 0 Å². The van der Waals surface area contributed by atoms with Gasteiger partial charge in [0.05, 0.1) is 32.5 Å². The summed E-state index contributed by atoms with van der Waals surface area (Å²) < 4.78 is 0. The fraction of sp³-hybridized carbons (Fsp3) is 0.423. The number of benzene rings is 1. The van der Waals surface area contributed by atoms with Gasteiger partial charge in [-0.3, -0.25) is 9.78 Å². The first-order chi connectivity index (χ1) is 16.8. The summed E-state index contributed by atoms with van der Waals surface area (Å²) in [7, 11) is 4.23. The molecule has 2 aromatic heterocycles. The van der Waals surface area contributed by atoms with Crippen LogP contribution in [-0.2, 0) is 0 Å². The summed E-state index contributed by atoms with van der Waals surface area (Å²) in [5.74, 6) is 0.340. The lowest BCUT2D eigenvalue weighted by Crippen LogP contribution is -2.32. The molecule has 0 atom stereocenters. The van der Waals surface area contributed by atoms with Crippen LogP contribution in [0, 0.1) is 5.92 Å².